The lowest BCUT2D eigenvalue weighted by atomic mass is 9.82. The largest absolute Gasteiger partial charge is 0.462 e. The van der Waals surface area contributed by atoms with Crippen molar-refractivity contribution in [1.82, 2.24) is 4.90 Å². The van der Waals surface area contributed by atoms with Crippen LogP contribution in [0.3, 0.4) is 0 Å². The molecule has 0 aliphatic carbocycles. The summed E-state index contributed by atoms with van der Waals surface area (Å²) in [6.07, 6.45) is -4.13. The quantitative estimate of drug-likeness (QED) is 0.186. The Labute approximate surface area is 313 Å². The first-order valence-electron chi connectivity index (χ1n) is 18.7. The molecule has 0 aromatic carbocycles. The van der Waals surface area contributed by atoms with Gasteiger partial charge in [0.2, 0.25) is 0 Å². The molecule has 15 heteroatoms. The van der Waals surface area contributed by atoms with Crippen molar-refractivity contribution in [3.05, 3.63) is 24.3 Å². The molecule has 4 N–H and O–H groups in total. The number of rotatable bonds is 10. The van der Waals surface area contributed by atoms with E-state index in [1.54, 1.807) is 64.9 Å². The number of esters is 2. The van der Waals surface area contributed by atoms with E-state index in [1.807, 2.05) is 13.0 Å². The highest BCUT2D eigenvalue weighted by atomic mass is 16.7. The zero-order valence-corrected chi connectivity index (χ0v) is 32.6. The summed E-state index contributed by atoms with van der Waals surface area (Å²) < 4.78 is 42.6. The Hall–Kier alpha value is -2.31. The van der Waals surface area contributed by atoms with E-state index >= 15 is 0 Å². The molecule has 3 rings (SSSR count). The smallest absolute Gasteiger partial charge is 0.309 e. The molecular formula is C38H63NO14. The lowest BCUT2D eigenvalue weighted by Gasteiger charge is -2.50. The number of allylic oxidation sites excluding steroid dienone is 2. The number of aldehydes is 1. The van der Waals surface area contributed by atoms with Crippen LogP contribution < -0.4 is 0 Å². The number of carbonyl (C=O) groups is 3. The van der Waals surface area contributed by atoms with Crippen LogP contribution in [0.25, 0.3) is 0 Å². The molecule has 0 spiro atoms. The maximum Gasteiger partial charge on any atom is 0.309 e. The molecule has 3 aliphatic rings. The van der Waals surface area contributed by atoms with E-state index in [2.05, 4.69) is 0 Å². The number of nitrogens with zero attached hydrogens (tertiary/aromatic N) is 1. The molecule has 304 valence electrons. The Kier molecular flexibility index (Phi) is 17.5. The third-order valence-corrected chi connectivity index (χ3v) is 10.4. The number of hydrogen-bond acceptors (Lipinski definition) is 15. The number of aliphatic hydroxyl groups is 4. The third kappa shape index (κ3) is 12.3. The highest BCUT2D eigenvalue weighted by molar-refractivity contribution is 5.72. The molecule has 0 aromatic rings. The minimum absolute atomic E-state index is 0.00772. The van der Waals surface area contributed by atoms with Crippen molar-refractivity contribution in [2.75, 3.05) is 21.2 Å². The standard InChI is InChI=1S/C38H63NO14/c1-10-28(42)51-27-19-29(43)48-22(3)14-12-11-13-15-26(41)21(2)18-25(16-17-40)34(35(27)47-9)53-37-32(44)31(39(7)8)33(23(4)50-37)52-30-20-38(6,46)36(45)24(5)49-30/h11-13,15,17,21-27,30-37,41,44-46H,10,14,16,18-20H2,1-9H3/b12-11+,15-13+/t21-,22-,23+,24+,25+,26+,27-,30-,31-,32+,33-,34+,35+,36+,37+,38-/m1/s1. The molecule has 2 saturated heterocycles. The van der Waals surface area contributed by atoms with Crippen LogP contribution in [-0.4, -0.2) is 150 Å². The summed E-state index contributed by atoms with van der Waals surface area (Å²) in [6.45, 7) is 10.0. The topological polar surface area (TPSA) is 200 Å². The highest BCUT2D eigenvalue weighted by Crippen LogP contribution is 2.37. The first-order chi connectivity index (χ1) is 24.9. The first-order valence-corrected chi connectivity index (χ1v) is 18.7. The van der Waals surface area contributed by atoms with E-state index in [0.29, 0.717) is 6.42 Å². The monoisotopic (exact) mass is 757 g/mol. The average Bonchev–Trinajstić information content (AvgIpc) is 3.07. The Morgan fingerprint density at radius 2 is 1.74 bits per heavy atom. The molecule has 0 radical (unpaired) electrons. The molecule has 2 fully saturated rings. The fourth-order valence-corrected chi connectivity index (χ4v) is 7.38. The molecule has 3 heterocycles. The van der Waals surface area contributed by atoms with Crippen LogP contribution in [0.2, 0.25) is 0 Å². The van der Waals surface area contributed by atoms with Gasteiger partial charge in [-0.1, -0.05) is 38.2 Å². The average molecular weight is 758 g/mol. The van der Waals surface area contributed by atoms with E-state index < -0.39 is 109 Å². The number of hydrogen-bond donors (Lipinski definition) is 4. The summed E-state index contributed by atoms with van der Waals surface area (Å²) in [5.74, 6) is -2.31. The summed E-state index contributed by atoms with van der Waals surface area (Å²) in [5.41, 5.74) is -1.48. The Morgan fingerprint density at radius 3 is 2.34 bits per heavy atom. The van der Waals surface area contributed by atoms with E-state index in [1.165, 1.54) is 14.0 Å². The molecule has 0 bridgehead atoms. The van der Waals surface area contributed by atoms with Crippen LogP contribution in [0.1, 0.15) is 80.1 Å². The van der Waals surface area contributed by atoms with Gasteiger partial charge in [0.15, 0.2) is 12.6 Å². The maximum atomic E-state index is 13.3. The van der Waals surface area contributed by atoms with Gasteiger partial charge in [0.1, 0.15) is 42.9 Å². The molecule has 53 heavy (non-hydrogen) atoms. The van der Waals surface area contributed by atoms with E-state index in [-0.39, 0.29) is 32.1 Å². The Bertz CT molecular complexity index is 1230. The van der Waals surface area contributed by atoms with Crippen molar-refractivity contribution >= 4 is 18.2 Å². The van der Waals surface area contributed by atoms with Gasteiger partial charge in [-0.15, -0.1) is 0 Å². The Balaban J connectivity index is 2.04. The molecule has 16 atom stereocenters. The van der Waals surface area contributed by atoms with Gasteiger partial charge in [-0.3, -0.25) is 9.59 Å². The van der Waals surface area contributed by atoms with Crippen LogP contribution in [0.4, 0.5) is 0 Å². The van der Waals surface area contributed by atoms with Crippen molar-refractivity contribution in [3.8, 4) is 0 Å². The number of cyclic esters (lactones) is 1. The number of aliphatic hydroxyl groups excluding tert-OH is 3. The predicted molar refractivity (Wildman–Crippen MR) is 191 cm³/mol. The van der Waals surface area contributed by atoms with Crippen molar-refractivity contribution in [2.45, 2.75) is 165 Å². The van der Waals surface area contributed by atoms with E-state index in [9.17, 15) is 34.8 Å². The second-order valence-corrected chi connectivity index (χ2v) is 15.1. The van der Waals surface area contributed by atoms with E-state index in [4.69, 9.17) is 33.2 Å². The molecule has 0 aromatic heterocycles. The van der Waals surface area contributed by atoms with Crippen molar-refractivity contribution in [3.63, 3.8) is 0 Å². The van der Waals surface area contributed by atoms with Gasteiger partial charge in [-0.05, 0) is 60.0 Å². The summed E-state index contributed by atoms with van der Waals surface area (Å²) in [7, 11) is 4.87. The summed E-state index contributed by atoms with van der Waals surface area (Å²) in [5, 5.41) is 44.2. The van der Waals surface area contributed by atoms with Gasteiger partial charge in [0.25, 0.3) is 0 Å². The number of likely N-dealkylation sites (N-methyl/N-ethyl adjacent to an activating group) is 1. The van der Waals surface area contributed by atoms with Gasteiger partial charge >= 0.3 is 11.9 Å². The lowest BCUT2D eigenvalue weighted by molar-refractivity contribution is -0.344. The highest BCUT2D eigenvalue weighted by Gasteiger charge is 2.52. The van der Waals surface area contributed by atoms with Gasteiger partial charge in [-0.2, -0.15) is 0 Å². The zero-order valence-electron chi connectivity index (χ0n) is 32.6. The molecule has 0 saturated carbocycles. The van der Waals surface area contributed by atoms with Crippen LogP contribution >= 0.6 is 0 Å². The SMILES string of the molecule is CCC(=O)O[C@@H]1CC(=O)O[C@H](C)C/C=C/C=C/[C@H](O)[C@H](C)C[C@H](CC=O)[C@H](O[C@@H]2O[C@@H](C)[C@@H](O[C@@H]3C[C@@](C)(O)[C@@H](O)[C@H](C)O3)[C@H](N(C)C)[C@@H]2O)[C@H]1OC. The minimum atomic E-state index is -1.48. The fourth-order valence-electron chi connectivity index (χ4n) is 7.38. The van der Waals surface area contributed by atoms with Crippen molar-refractivity contribution in [1.29, 1.82) is 0 Å². The van der Waals surface area contributed by atoms with Gasteiger partial charge in [-0.25, -0.2) is 0 Å². The maximum absolute atomic E-state index is 13.3. The lowest BCUT2D eigenvalue weighted by Crippen LogP contribution is -2.65. The van der Waals surface area contributed by atoms with E-state index in [0.717, 1.165) is 6.29 Å². The Morgan fingerprint density at radius 1 is 1.04 bits per heavy atom. The number of methoxy groups -OCH3 is 1. The minimum Gasteiger partial charge on any atom is -0.462 e. The van der Waals surface area contributed by atoms with Crippen molar-refractivity contribution in [2.24, 2.45) is 11.8 Å². The van der Waals surface area contributed by atoms with Crippen LogP contribution in [0, 0.1) is 11.8 Å². The van der Waals surface area contributed by atoms with Crippen LogP contribution in [-0.2, 0) is 47.5 Å². The summed E-state index contributed by atoms with van der Waals surface area (Å²) in [6, 6.07) is -0.750. The second kappa shape index (κ2) is 20.6. The fraction of sp³-hybridized carbons (Fsp3) is 0.816. The van der Waals surface area contributed by atoms with Gasteiger partial charge < -0.3 is 63.3 Å². The first kappa shape index (κ1) is 45.1. The van der Waals surface area contributed by atoms with Crippen LogP contribution in [0.15, 0.2) is 24.3 Å². The van der Waals surface area contributed by atoms with Gasteiger partial charge in [0, 0.05) is 32.8 Å². The molecule has 15 nitrogen and oxygen atoms in total. The number of ether oxygens (including phenoxy) is 7. The summed E-state index contributed by atoms with van der Waals surface area (Å²) >= 11 is 0. The second-order valence-electron chi connectivity index (χ2n) is 15.1. The molecule has 0 unspecified atom stereocenters. The summed E-state index contributed by atoms with van der Waals surface area (Å²) in [4.78, 5) is 40.0. The normalized spacial score (nSPS) is 43.4. The zero-order chi connectivity index (χ0) is 39.6. The number of carbonyl (C=O) groups excluding carboxylic acids is 3. The molecule has 3 aliphatic heterocycles. The molecular weight excluding hydrogens is 694 g/mol. The van der Waals surface area contributed by atoms with Crippen molar-refractivity contribution < 1.29 is 68.0 Å². The predicted octanol–water partition coefficient (Wildman–Crippen LogP) is 1.81. The molecule has 0 amide bonds. The van der Waals surface area contributed by atoms with Crippen LogP contribution in [0.5, 0.6) is 0 Å². The van der Waals surface area contributed by atoms with Gasteiger partial charge in [0.05, 0.1) is 42.5 Å². The third-order valence-electron chi connectivity index (χ3n) is 10.4.